The Kier molecular flexibility index (Phi) is 4.98. The summed E-state index contributed by atoms with van der Waals surface area (Å²) in [6, 6.07) is 6.79. The minimum Gasteiger partial charge on any atom is -0.467 e. The van der Waals surface area contributed by atoms with Gasteiger partial charge in [-0.2, -0.15) is 26.3 Å². The fraction of sp³-hybridized carbons (Fsp3) is 0.211. The average molecular weight is 477 g/mol. The van der Waals surface area contributed by atoms with Crippen LogP contribution in [0.1, 0.15) is 16.9 Å². The molecule has 7 nitrogen and oxygen atoms in total. The Labute approximate surface area is 178 Å². The molecule has 3 N–H and O–H groups in total. The molecule has 0 atom stereocenters. The number of fused-ring (bicyclic) bond motifs is 1. The van der Waals surface area contributed by atoms with Crippen LogP contribution in [0.15, 0.2) is 56.7 Å². The monoisotopic (exact) mass is 477 g/mol. The molecule has 4 rings (SSSR count). The lowest BCUT2D eigenvalue weighted by Gasteiger charge is -2.35. The summed E-state index contributed by atoms with van der Waals surface area (Å²) in [5.41, 5.74) is -10.7. The van der Waals surface area contributed by atoms with E-state index in [0.717, 1.165) is 12.1 Å². The van der Waals surface area contributed by atoms with Gasteiger partial charge < -0.3 is 4.42 Å². The minimum absolute atomic E-state index is 0.0104. The van der Waals surface area contributed by atoms with E-state index in [1.807, 2.05) is 0 Å². The SMILES string of the molecule is O=c1[nH]c(=O)n(Cc2ccco2)c2c1C(C(F)(F)F)(C(F)(F)F)[NH+]=C(c1ccccc1F)N2. The first kappa shape index (κ1) is 22.4. The van der Waals surface area contributed by atoms with Gasteiger partial charge in [-0.1, -0.05) is 12.1 Å². The van der Waals surface area contributed by atoms with Crippen molar-refractivity contribution in [1.82, 2.24) is 9.55 Å². The first-order valence-corrected chi connectivity index (χ1v) is 9.07. The Bertz CT molecular complexity index is 1340. The van der Waals surface area contributed by atoms with Gasteiger partial charge in [-0.25, -0.2) is 19.5 Å². The molecule has 0 spiro atoms. The average Bonchev–Trinajstić information content (AvgIpc) is 3.22. The van der Waals surface area contributed by atoms with Crippen molar-refractivity contribution in [2.24, 2.45) is 0 Å². The Morgan fingerprint density at radius 2 is 1.67 bits per heavy atom. The number of nitrogens with one attached hydrogen (secondary N) is 3. The summed E-state index contributed by atoms with van der Waals surface area (Å²) in [7, 11) is 0. The van der Waals surface area contributed by atoms with E-state index in [1.54, 1.807) is 0 Å². The maximum Gasteiger partial charge on any atom is 0.446 e. The van der Waals surface area contributed by atoms with Crippen molar-refractivity contribution in [1.29, 1.82) is 0 Å². The molecule has 0 amide bonds. The number of aromatic amines is 1. The van der Waals surface area contributed by atoms with Crippen molar-refractivity contribution < 1.29 is 40.1 Å². The molecule has 1 aliphatic heterocycles. The molecule has 0 saturated carbocycles. The number of hydrogen-bond donors (Lipinski definition) is 3. The number of nitrogens with zero attached hydrogens (tertiary/aromatic N) is 1. The smallest absolute Gasteiger partial charge is 0.446 e. The molecule has 0 saturated heterocycles. The number of H-pyrrole nitrogens is 1. The van der Waals surface area contributed by atoms with Crippen molar-refractivity contribution >= 4 is 11.7 Å². The van der Waals surface area contributed by atoms with Crippen LogP contribution in [0.2, 0.25) is 0 Å². The Hall–Kier alpha value is -3.84. The van der Waals surface area contributed by atoms with Crippen molar-refractivity contribution in [3.8, 4) is 0 Å². The Balaban J connectivity index is 2.13. The Morgan fingerprint density at radius 1 is 1.00 bits per heavy atom. The van der Waals surface area contributed by atoms with Gasteiger partial charge >= 0.3 is 23.6 Å². The van der Waals surface area contributed by atoms with Gasteiger partial charge in [0.25, 0.3) is 11.4 Å². The normalized spacial score (nSPS) is 15.5. The molecule has 3 aromatic rings. The second-order valence-corrected chi connectivity index (χ2v) is 7.00. The topological polar surface area (TPSA) is 94.0 Å². The van der Waals surface area contributed by atoms with Crippen LogP contribution in [0.5, 0.6) is 0 Å². The first-order chi connectivity index (χ1) is 15.4. The molecular weight excluding hydrogens is 465 g/mol. The molecule has 0 bridgehead atoms. The van der Waals surface area contributed by atoms with Crippen LogP contribution in [0.4, 0.5) is 36.6 Å². The quantitative estimate of drug-likeness (QED) is 0.500. The molecule has 174 valence electrons. The van der Waals surface area contributed by atoms with E-state index in [4.69, 9.17) is 4.42 Å². The highest BCUT2D eigenvalue weighted by Crippen LogP contribution is 2.48. The number of aromatic nitrogens is 2. The third kappa shape index (κ3) is 3.41. The van der Waals surface area contributed by atoms with Crippen molar-refractivity contribution in [3.05, 3.63) is 86.2 Å². The predicted molar refractivity (Wildman–Crippen MR) is 98.0 cm³/mol. The molecule has 1 aliphatic rings. The molecule has 1 aromatic carbocycles. The maximum atomic E-state index is 14.3. The van der Waals surface area contributed by atoms with E-state index in [1.165, 1.54) is 40.5 Å². The number of furan rings is 1. The molecule has 14 heteroatoms. The van der Waals surface area contributed by atoms with Crippen molar-refractivity contribution in [3.63, 3.8) is 0 Å². The summed E-state index contributed by atoms with van der Waals surface area (Å²) in [6.45, 7) is -0.631. The predicted octanol–water partition coefficient (Wildman–Crippen LogP) is 1.59. The van der Waals surface area contributed by atoms with Crippen LogP contribution >= 0.6 is 0 Å². The minimum atomic E-state index is -6.14. The number of anilines is 1. The molecule has 0 fully saturated rings. The number of amidine groups is 1. The van der Waals surface area contributed by atoms with Gasteiger partial charge in [0.1, 0.15) is 17.1 Å². The number of rotatable bonds is 3. The largest absolute Gasteiger partial charge is 0.467 e. The van der Waals surface area contributed by atoms with E-state index >= 15 is 0 Å². The van der Waals surface area contributed by atoms with Gasteiger partial charge in [-0.3, -0.25) is 14.3 Å². The molecule has 2 aromatic heterocycles. The molecular formula is C19H12F7N4O3+. The van der Waals surface area contributed by atoms with Gasteiger partial charge in [0, 0.05) is 0 Å². The van der Waals surface area contributed by atoms with Crippen LogP contribution in [0.3, 0.4) is 0 Å². The summed E-state index contributed by atoms with van der Waals surface area (Å²) in [6.07, 6.45) is -11.1. The summed E-state index contributed by atoms with van der Waals surface area (Å²) < 4.78 is 105. The van der Waals surface area contributed by atoms with Gasteiger partial charge in [0.05, 0.1) is 18.4 Å². The second kappa shape index (κ2) is 7.35. The third-order valence-electron chi connectivity index (χ3n) is 5.02. The zero-order valence-electron chi connectivity index (χ0n) is 16.1. The lowest BCUT2D eigenvalue weighted by atomic mass is 9.87. The standard InChI is InChI=1S/C19H11F7N4O3/c20-11-6-2-1-5-10(11)13-27-14-12(17(29-13,18(21,22)23)19(24,25)26)15(31)28-16(32)30(14)8-9-4-3-7-33-9/h1-7H,8H2,(H,27,29)(H,28,31,32)/p+1. The van der Waals surface area contributed by atoms with Gasteiger partial charge in [-0.05, 0) is 24.3 Å². The third-order valence-corrected chi connectivity index (χ3v) is 5.02. The van der Waals surface area contributed by atoms with Gasteiger partial charge in [-0.15, -0.1) is 0 Å². The molecule has 0 unspecified atom stereocenters. The number of alkyl halides is 6. The van der Waals surface area contributed by atoms with Gasteiger partial charge in [0.15, 0.2) is 0 Å². The number of hydrogen-bond acceptors (Lipinski definition) is 4. The van der Waals surface area contributed by atoms with E-state index in [9.17, 15) is 40.3 Å². The number of benzene rings is 1. The highest BCUT2D eigenvalue weighted by Gasteiger charge is 2.78. The lowest BCUT2D eigenvalue weighted by molar-refractivity contribution is -0.658. The van der Waals surface area contributed by atoms with E-state index < -0.39 is 64.3 Å². The van der Waals surface area contributed by atoms with Crippen LogP contribution in [0, 0.1) is 5.82 Å². The molecule has 0 radical (unpaired) electrons. The molecule has 33 heavy (non-hydrogen) atoms. The van der Waals surface area contributed by atoms with E-state index in [-0.39, 0.29) is 5.76 Å². The van der Waals surface area contributed by atoms with Crippen molar-refractivity contribution in [2.45, 2.75) is 24.4 Å². The number of halogens is 7. The zero-order valence-corrected chi connectivity index (χ0v) is 16.1. The van der Waals surface area contributed by atoms with Crippen LogP contribution < -0.4 is 21.6 Å². The summed E-state index contributed by atoms with van der Waals surface area (Å²) in [5.74, 6) is -3.33. The van der Waals surface area contributed by atoms with E-state index in [2.05, 4.69) is 5.32 Å². The fourth-order valence-corrected chi connectivity index (χ4v) is 3.54. The fourth-order valence-electron chi connectivity index (χ4n) is 3.54. The van der Waals surface area contributed by atoms with Crippen molar-refractivity contribution in [2.75, 3.05) is 5.32 Å². The molecule has 3 heterocycles. The summed E-state index contributed by atoms with van der Waals surface area (Å²) >= 11 is 0. The van der Waals surface area contributed by atoms with Crippen LogP contribution in [-0.4, -0.2) is 27.7 Å². The van der Waals surface area contributed by atoms with Gasteiger partial charge in [0.2, 0.25) is 5.82 Å². The second-order valence-electron chi connectivity index (χ2n) is 7.00. The highest BCUT2D eigenvalue weighted by atomic mass is 19.4. The highest BCUT2D eigenvalue weighted by molar-refractivity contribution is 6.05. The lowest BCUT2D eigenvalue weighted by Crippen LogP contribution is -2.97. The maximum absolute atomic E-state index is 14.3. The van der Waals surface area contributed by atoms with Crippen LogP contribution in [0.25, 0.3) is 0 Å². The first-order valence-electron chi connectivity index (χ1n) is 9.07. The summed E-state index contributed by atoms with van der Waals surface area (Å²) in [5, 5.41) is 2.18. The van der Waals surface area contributed by atoms with E-state index in [0.29, 0.717) is 4.57 Å². The molecule has 0 aliphatic carbocycles. The Morgan fingerprint density at radius 3 is 2.24 bits per heavy atom. The van der Waals surface area contributed by atoms with Crippen LogP contribution in [-0.2, 0) is 12.1 Å². The summed E-state index contributed by atoms with van der Waals surface area (Å²) in [4.78, 5) is 27.6. The zero-order chi connectivity index (χ0) is 24.2.